The van der Waals surface area contributed by atoms with Crippen molar-refractivity contribution in [1.82, 2.24) is 5.32 Å². The molecular formula is C22H36NO9P. The Hall–Kier alpha value is -1.36. The second-order valence-electron chi connectivity index (χ2n) is 8.10. The highest BCUT2D eigenvalue weighted by Crippen LogP contribution is 2.56. The van der Waals surface area contributed by atoms with Gasteiger partial charge in [0.15, 0.2) is 12.1 Å². The molecule has 1 aliphatic heterocycles. The fourth-order valence-electron chi connectivity index (χ4n) is 3.90. The van der Waals surface area contributed by atoms with Crippen LogP contribution in [0, 0.1) is 0 Å². The number of methoxy groups -OCH3 is 2. The molecule has 1 aromatic carbocycles. The largest absolute Gasteiger partial charge is 0.376 e. The van der Waals surface area contributed by atoms with E-state index in [4.69, 9.17) is 32.7 Å². The van der Waals surface area contributed by atoms with Crippen LogP contribution < -0.4 is 5.32 Å². The van der Waals surface area contributed by atoms with Crippen LogP contribution in [-0.2, 0) is 48.7 Å². The minimum Gasteiger partial charge on any atom is -0.376 e. The molecule has 1 fully saturated rings. The van der Waals surface area contributed by atoms with E-state index in [2.05, 4.69) is 5.32 Å². The van der Waals surface area contributed by atoms with Gasteiger partial charge in [-0.3, -0.25) is 9.36 Å². The van der Waals surface area contributed by atoms with Crippen molar-refractivity contribution in [3.8, 4) is 0 Å². The number of nitrogens with one attached hydrogen (secondary N) is 1. The summed E-state index contributed by atoms with van der Waals surface area (Å²) in [6, 6.07) is 8.81. The molecule has 0 saturated carbocycles. The Kier molecular flexibility index (Phi) is 10.5. The maximum Gasteiger partial charge on any atom is 0.338 e. The summed E-state index contributed by atoms with van der Waals surface area (Å²) in [7, 11) is 1.82. The predicted octanol–water partition coefficient (Wildman–Crippen LogP) is 2.70. The summed E-state index contributed by atoms with van der Waals surface area (Å²) in [5.41, 5.74) is 0.0879. The van der Waals surface area contributed by atoms with Gasteiger partial charge in [0.05, 0.1) is 13.2 Å². The summed E-state index contributed by atoms with van der Waals surface area (Å²) < 4.78 is 53.3. The van der Waals surface area contributed by atoms with Gasteiger partial charge in [-0.15, -0.1) is 0 Å². The molecule has 4 atom stereocenters. The topological polar surface area (TPSA) is 111 Å². The number of rotatable bonds is 13. The first kappa shape index (κ1) is 27.9. The third-order valence-electron chi connectivity index (χ3n) is 5.34. The number of benzene rings is 1. The van der Waals surface area contributed by atoms with E-state index in [1.165, 1.54) is 35.4 Å². The van der Waals surface area contributed by atoms with Crippen molar-refractivity contribution in [2.45, 2.75) is 63.4 Å². The molecule has 1 heterocycles. The van der Waals surface area contributed by atoms with Gasteiger partial charge < -0.3 is 38.0 Å². The van der Waals surface area contributed by atoms with Crippen LogP contribution in [0.3, 0.4) is 0 Å². The minimum atomic E-state index is -3.70. The second kappa shape index (κ2) is 12.4. The SMILES string of the molecule is COC(OC)[C@H](NC(C)=O)[C@H]1OC(C)(C)O[C@@H]1[C@H](COCc1ccccc1)P(=O)(OC)OC. The van der Waals surface area contributed by atoms with E-state index in [9.17, 15) is 9.36 Å². The normalized spacial score (nSPS) is 22.3. The molecule has 0 spiro atoms. The van der Waals surface area contributed by atoms with E-state index < -0.39 is 43.6 Å². The van der Waals surface area contributed by atoms with E-state index in [-0.39, 0.29) is 12.5 Å². The van der Waals surface area contributed by atoms with Gasteiger partial charge in [0, 0.05) is 35.4 Å². The summed E-state index contributed by atoms with van der Waals surface area (Å²) in [4.78, 5) is 12.0. The van der Waals surface area contributed by atoms with Gasteiger partial charge in [-0.2, -0.15) is 0 Å². The molecule has 2 rings (SSSR count). The van der Waals surface area contributed by atoms with Crippen LogP contribution in [-0.4, -0.2) is 76.9 Å². The smallest absolute Gasteiger partial charge is 0.338 e. The molecule has 1 saturated heterocycles. The lowest BCUT2D eigenvalue weighted by molar-refractivity contribution is -0.175. The van der Waals surface area contributed by atoms with Gasteiger partial charge in [0.25, 0.3) is 0 Å². The monoisotopic (exact) mass is 489 g/mol. The molecule has 33 heavy (non-hydrogen) atoms. The summed E-state index contributed by atoms with van der Waals surface area (Å²) in [5.74, 6) is -1.37. The van der Waals surface area contributed by atoms with E-state index in [1.807, 2.05) is 30.3 Å². The fraction of sp³-hybridized carbons (Fsp3) is 0.682. The van der Waals surface area contributed by atoms with Crippen LogP contribution in [0.1, 0.15) is 26.3 Å². The van der Waals surface area contributed by atoms with Crippen molar-refractivity contribution >= 4 is 13.5 Å². The van der Waals surface area contributed by atoms with Crippen molar-refractivity contribution in [2.24, 2.45) is 0 Å². The maximum atomic E-state index is 13.6. The van der Waals surface area contributed by atoms with E-state index in [0.29, 0.717) is 6.61 Å². The molecule has 10 nitrogen and oxygen atoms in total. The molecule has 0 aromatic heterocycles. The van der Waals surface area contributed by atoms with E-state index in [0.717, 1.165) is 5.56 Å². The molecule has 1 aliphatic rings. The summed E-state index contributed by atoms with van der Waals surface area (Å²) in [6.45, 7) is 5.12. The molecule has 11 heteroatoms. The van der Waals surface area contributed by atoms with Gasteiger partial charge in [0.1, 0.15) is 23.9 Å². The van der Waals surface area contributed by atoms with E-state index >= 15 is 0 Å². The van der Waals surface area contributed by atoms with Crippen LogP contribution >= 0.6 is 7.60 Å². The molecule has 188 valence electrons. The first-order chi connectivity index (χ1) is 15.6. The van der Waals surface area contributed by atoms with Gasteiger partial charge in [0.2, 0.25) is 5.91 Å². The maximum absolute atomic E-state index is 13.6. The summed E-state index contributed by atoms with van der Waals surface area (Å²) >= 11 is 0. The lowest BCUT2D eigenvalue weighted by Crippen LogP contribution is -2.57. The minimum absolute atomic E-state index is 0.00805. The molecule has 0 aliphatic carbocycles. The van der Waals surface area contributed by atoms with Crippen molar-refractivity contribution < 1.29 is 42.1 Å². The van der Waals surface area contributed by atoms with Gasteiger partial charge in [-0.05, 0) is 19.4 Å². The molecule has 0 radical (unpaired) electrons. The third-order valence-corrected chi connectivity index (χ3v) is 7.61. The molecule has 1 N–H and O–H groups in total. The number of ether oxygens (including phenoxy) is 5. The first-order valence-electron chi connectivity index (χ1n) is 10.6. The van der Waals surface area contributed by atoms with Crippen LogP contribution in [0.5, 0.6) is 0 Å². The zero-order valence-electron chi connectivity index (χ0n) is 20.3. The highest BCUT2D eigenvalue weighted by atomic mass is 31.2. The Morgan fingerprint density at radius 2 is 1.64 bits per heavy atom. The Morgan fingerprint density at radius 1 is 1.06 bits per heavy atom. The average Bonchev–Trinajstić information content (AvgIpc) is 3.11. The quantitative estimate of drug-likeness (QED) is 0.330. The Morgan fingerprint density at radius 3 is 2.15 bits per heavy atom. The first-order valence-corrected chi connectivity index (χ1v) is 12.2. The van der Waals surface area contributed by atoms with Gasteiger partial charge in [-0.1, -0.05) is 30.3 Å². The number of carbonyl (C=O) groups is 1. The predicted molar refractivity (Wildman–Crippen MR) is 121 cm³/mol. The van der Waals surface area contributed by atoms with Crippen LogP contribution in [0.4, 0.5) is 0 Å². The molecule has 0 unspecified atom stereocenters. The standard InChI is InChI=1S/C22H36NO9P/c1-15(24)23-18(21(26-4)27-5)20-19(31-22(2,3)32-20)17(33(25,28-6)29-7)14-30-13-16-11-9-8-10-12-16/h8-12,17-21H,13-14H2,1-7H3,(H,23,24)/t17-,18+,19+,20+/m0/s1. The highest BCUT2D eigenvalue weighted by Gasteiger charge is 2.56. The number of amides is 1. The Balaban J connectivity index is 2.39. The Bertz CT molecular complexity index is 779. The molecule has 1 amide bonds. The lowest BCUT2D eigenvalue weighted by Gasteiger charge is -2.35. The van der Waals surface area contributed by atoms with Crippen molar-refractivity contribution in [1.29, 1.82) is 0 Å². The van der Waals surface area contributed by atoms with Crippen molar-refractivity contribution in [2.75, 3.05) is 35.0 Å². The van der Waals surface area contributed by atoms with E-state index in [1.54, 1.807) is 13.8 Å². The third kappa shape index (κ3) is 7.31. The zero-order chi connectivity index (χ0) is 24.6. The molecule has 0 bridgehead atoms. The van der Waals surface area contributed by atoms with Gasteiger partial charge >= 0.3 is 7.60 Å². The number of hydrogen-bond donors (Lipinski definition) is 1. The Labute approximate surface area is 195 Å². The highest BCUT2D eigenvalue weighted by molar-refractivity contribution is 7.54. The van der Waals surface area contributed by atoms with Crippen molar-refractivity contribution in [3.63, 3.8) is 0 Å². The molecule has 1 aromatic rings. The van der Waals surface area contributed by atoms with Crippen LogP contribution in [0.2, 0.25) is 0 Å². The van der Waals surface area contributed by atoms with Crippen molar-refractivity contribution in [3.05, 3.63) is 35.9 Å². The zero-order valence-corrected chi connectivity index (χ0v) is 21.2. The molecular weight excluding hydrogens is 453 g/mol. The second-order valence-corrected chi connectivity index (χ2v) is 10.6. The van der Waals surface area contributed by atoms with Gasteiger partial charge in [-0.25, -0.2) is 0 Å². The van der Waals surface area contributed by atoms with Crippen LogP contribution in [0.15, 0.2) is 30.3 Å². The fourth-order valence-corrected chi connectivity index (χ4v) is 5.47. The summed E-state index contributed by atoms with van der Waals surface area (Å²) in [6.07, 6.45) is -2.50. The number of carbonyl (C=O) groups excluding carboxylic acids is 1. The van der Waals surface area contributed by atoms with Crippen LogP contribution in [0.25, 0.3) is 0 Å². The summed E-state index contributed by atoms with van der Waals surface area (Å²) in [5, 5.41) is 2.81. The lowest BCUT2D eigenvalue weighted by atomic mass is 10.0. The average molecular weight is 490 g/mol. The number of hydrogen-bond acceptors (Lipinski definition) is 9.